The van der Waals surface area contributed by atoms with Crippen molar-refractivity contribution < 1.29 is 4.79 Å². The number of anilines is 1. The standard InChI is InChI=1S/C16H19N3OS/c17-10-12-6-2-1-5-11(12)9-15(20)19-16-18-13-7-3-4-8-14(13)21-16/h1-2,5-6H,3-4,7-10,17H2,(H,18,19,20). The van der Waals surface area contributed by atoms with E-state index in [-0.39, 0.29) is 5.91 Å². The van der Waals surface area contributed by atoms with Crippen LogP contribution in [0, 0.1) is 0 Å². The number of nitrogens with zero attached hydrogens (tertiary/aromatic N) is 1. The molecule has 0 spiro atoms. The zero-order valence-corrected chi connectivity index (χ0v) is 12.7. The molecule has 0 radical (unpaired) electrons. The minimum absolute atomic E-state index is 0.0259. The molecule has 1 aliphatic rings. The molecule has 0 fully saturated rings. The predicted molar refractivity (Wildman–Crippen MR) is 85.4 cm³/mol. The van der Waals surface area contributed by atoms with Crippen LogP contribution in [-0.4, -0.2) is 10.9 Å². The Labute approximate surface area is 128 Å². The first-order chi connectivity index (χ1) is 10.3. The van der Waals surface area contributed by atoms with E-state index < -0.39 is 0 Å². The number of nitrogens with one attached hydrogen (secondary N) is 1. The van der Waals surface area contributed by atoms with Crippen molar-refractivity contribution >= 4 is 22.4 Å². The number of amides is 1. The van der Waals surface area contributed by atoms with Gasteiger partial charge in [-0.15, -0.1) is 11.3 Å². The van der Waals surface area contributed by atoms with E-state index in [0.717, 1.165) is 29.1 Å². The van der Waals surface area contributed by atoms with Gasteiger partial charge in [0.1, 0.15) is 0 Å². The second-order valence-electron chi connectivity index (χ2n) is 5.29. The maximum Gasteiger partial charge on any atom is 0.230 e. The number of nitrogens with two attached hydrogens (primary N) is 1. The Balaban J connectivity index is 1.67. The third-order valence-corrected chi connectivity index (χ3v) is 4.85. The highest BCUT2D eigenvalue weighted by atomic mass is 32.1. The topological polar surface area (TPSA) is 68.0 Å². The predicted octanol–water partition coefficient (Wildman–Crippen LogP) is 2.66. The van der Waals surface area contributed by atoms with Crippen LogP contribution < -0.4 is 11.1 Å². The lowest BCUT2D eigenvalue weighted by Gasteiger charge is -2.07. The zero-order valence-electron chi connectivity index (χ0n) is 11.9. The number of benzene rings is 1. The van der Waals surface area contributed by atoms with Crippen molar-refractivity contribution in [1.82, 2.24) is 4.98 Å². The van der Waals surface area contributed by atoms with Crippen molar-refractivity contribution in [3.63, 3.8) is 0 Å². The molecule has 110 valence electrons. The fraction of sp³-hybridized carbons (Fsp3) is 0.375. The average Bonchev–Trinajstić information content (AvgIpc) is 2.89. The number of aromatic nitrogens is 1. The monoisotopic (exact) mass is 301 g/mol. The Bertz CT molecular complexity index is 627. The number of carbonyl (C=O) groups excluding carboxylic acids is 1. The van der Waals surface area contributed by atoms with Gasteiger partial charge in [-0.05, 0) is 36.8 Å². The van der Waals surface area contributed by atoms with E-state index in [2.05, 4.69) is 10.3 Å². The van der Waals surface area contributed by atoms with Crippen LogP contribution in [0.25, 0.3) is 0 Å². The maximum absolute atomic E-state index is 12.2. The highest BCUT2D eigenvalue weighted by molar-refractivity contribution is 7.15. The lowest BCUT2D eigenvalue weighted by atomic mass is 10.0. The Morgan fingerprint density at radius 2 is 2.00 bits per heavy atom. The van der Waals surface area contributed by atoms with Gasteiger partial charge >= 0.3 is 0 Å². The molecule has 1 aliphatic carbocycles. The van der Waals surface area contributed by atoms with Crippen molar-refractivity contribution in [3.8, 4) is 0 Å². The van der Waals surface area contributed by atoms with Gasteiger partial charge < -0.3 is 11.1 Å². The van der Waals surface area contributed by atoms with Crippen molar-refractivity contribution in [2.45, 2.75) is 38.6 Å². The Morgan fingerprint density at radius 1 is 1.24 bits per heavy atom. The van der Waals surface area contributed by atoms with Crippen LogP contribution in [0.3, 0.4) is 0 Å². The minimum atomic E-state index is -0.0259. The number of carbonyl (C=O) groups is 1. The number of hydrogen-bond acceptors (Lipinski definition) is 4. The molecule has 0 saturated heterocycles. The van der Waals surface area contributed by atoms with Gasteiger partial charge in [-0.1, -0.05) is 24.3 Å². The molecule has 1 heterocycles. The van der Waals surface area contributed by atoms with Crippen LogP contribution in [0.4, 0.5) is 5.13 Å². The van der Waals surface area contributed by atoms with Gasteiger partial charge in [0.05, 0.1) is 12.1 Å². The molecule has 1 aromatic heterocycles. The Kier molecular flexibility index (Phi) is 4.31. The third-order valence-electron chi connectivity index (χ3n) is 3.78. The molecule has 0 bridgehead atoms. The van der Waals surface area contributed by atoms with Crippen molar-refractivity contribution in [3.05, 3.63) is 46.0 Å². The lowest BCUT2D eigenvalue weighted by molar-refractivity contribution is -0.115. The summed E-state index contributed by atoms with van der Waals surface area (Å²) in [5, 5.41) is 3.66. The summed E-state index contributed by atoms with van der Waals surface area (Å²) < 4.78 is 0. The second kappa shape index (κ2) is 6.37. The highest BCUT2D eigenvalue weighted by Crippen LogP contribution is 2.29. The van der Waals surface area contributed by atoms with E-state index in [1.807, 2.05) is 24.3 Å². The van der Waals surface area contributed by atoms with Crippen LogP contribution in [0.15, 0.2) is 24.3 Å². The van der Waals surface area contributed by atoms with E-state index in [4.69, 9.17) is 5.73 Å². The number of aryl methyl sites for hydroxylation is 2. The lowest BCUT2D eigenvalue weighted by Crippen LogP contribution is -2.16. The molecule has 3 rings (SSSR count). The van der Waals surface area contributed by atoms with E-state index in [1.165, 1.54) is 23.4 Å². The number of thiazole rings is 1. The summed E-state index contributed by atoms with van der Waals surface area (Å²) in [6, 6.07) is 7.79. The highest BCUT2D eigenvalue weighted by Gasteiger charge is 2.16. The molecule has 0 saturated carbocycles. The fourth-order valence-electron chi connectivity index (χ4n) is 2.67. The van der Waals surface area contributed by atoms with Gasteiger partial charge in [0, 0.05) is 11.4 Å². The van der Waals surface area contributed by atoms with Crippen molar-refractivity contribution in [2.75, 3.05) is 5.32 Å². The largest absolute Gasteiger partial charge is 0.326 e. The van der Waals surface area contributed by atoms with Gasteiger partial charge in [0.25, 0.3) is 0 Å². The molecular weight excluding hydrogens is 282 g/mol. The van der Waals surface area contributed by atoms with Gasteiger partial charge in [-0.2, -0.15) is 0 Å². The average molecular weight is 301 g/mol. The molecule has 5 heteroatoms. The Morgan fingerprint density at radius 3 is 2.76 bits per heavy atom. The molecule has 0 unspecified atom stereocenters. The maximum atomic E-state index is 12.2. The second-order valence-corrected chi connectivity index (χ2v) is 6.38. The van der Waals surface area contributed by atoms with Gasteiger partial charge in [-0.3, -0.25) is 4.79 Å². The first kappa shape index (κ1) is 14.2. The molecule has 21 heavy (non-hydrogen) atoms. The SMILES string of the molecule is NCc1ccccc1CC(=O)Nc1nc2c(s1)CCCC2. The molecule has 3 N–H and O–H groups in total. The van der Waals surface area contributed by atoms with E-state index >= 15 is 0 Å². The van der Waals surface area contributed by atoms with Crippen LogP contribution in [0.2, 0.25) is 0 Å². The summed E-state index contributed by atoms with van der Waals surface area (Å²) >= 11 is 1.62. The molecule has 2 aromatic rings. The number of hydrogen-bond donors (Lipinski definition) is 2. The molecule has 0 atom stereocenters. The van der Waals surface area contributed by atoms with Crippen molar-refractivity contribution in [1.29, 1.82) is 0 Å². The smallest absolute Gasteiger partial charge is 0.230 e. The first-order valence-corrected chi connectivity index (χ1v) is 8.13. The van der Waals surface area contributed by atoms with E-state index in [9.17, 15) is 4.79 Å². The summed E-state index contributed by atoms with van der Waals surface area (Å²) in [5.41, 5.74) is 8.88. The van der Waals surface area contributed by atoms with Crippen molar-refractivity contribution in [2.24, 2.45) is 5.73 Å². The molecule has 0 aliphatic heterocycles. The van der Waals surface area contributed by atoms with E-state index in [0.29, 0.717) is 13.0 Å². The molecule has 1 amide bonds. The first-order valence-electron chi connectivity index (χ1n) is 7.31. The molecule has 1 aromatic carbocycles. The Hall–Kier alpha value is -1.72. The van der Waals surface area contributed by atoms with Gasteiger partial charge in [0.15, 0.2) is 5.13 Å². The van der Waals surface area contributed by atoms with Crippen LogP contribution in [-0.2, 0) is 30.6 Å². The fourth-order valence-corrected chi connectivity index (χ4v) is 3.74. The summed E-state index contributed by atoms with van der Waals surface area (Å²) in [7, 11) is 0. The number of rotatable bonds is 4. The molecule has 4 nitrogen and oxygen atoms in total. The zero-order chi connectivity index (χ0) is 14.7. The third kappa shape index (κ3) is 3.31. The summed E-state index contributed by atoms with van der Waals surface area (Å²) in [4.78, 5) is 18.0. The summed E-state index contributed by atoms with van der Waals surface area (Å²) in [5.74, 6) is -0.0259. The van der Waals surface area contributed by atoms with Crippen LogP contribution in [0.5, 0.6) is 0 Å². The number of fused-ring (bicyclic) bond motifs is 1. The van der Waals surface area contributed by atoms with Gasteiger partial charge in [0.2, 0.25) is 5.91 Å². The normalized spacial score (nSPS) is 13.8. The quantitative estimate of drug-likeness (QED) is 0.912. The van der Waals surface area contributed by atoms with Gasteiger partial charge in [-0.25, -0.2) is 4.98 Å². The molecular formula is C16H19N3OS. The summed E-state index contributed by atoms with van der Waals surface area (Å²) in [6.45, 7) is 0.453. The van der Waals surface area contributed by atoms with E-state index in [1.54, 1.807) is 11.3 Å². The van der Waals surface area contributed by atoms with Crippen LogP contribution in [0.1, 0.15) is 34.5 Å². The summed E-state index contributed by atoms with van der Waals surface area (Å²) in [6.07, 6.45) is 4.91. The minimum Gasteiger partial charge on any atom is -0.326 e. The van der Waals surface area contributed by atoms with Crippen LogP contribution >= 0.6 is 11.3 Å².